The SMILES string of the molecule is CN1CCCC1CNc1nc2c(cc1C#N)CCCC2. The van der Waals surface area contributed by atoms with Crippen molar-refractivity contribution in [2.45, 2.75) is 44.6 Å². The second kappa shape index (κ2) is 5.80. The number of likely N-dealkylation sites (N-methyl/N-ethyl adjacent to an activating group) is 1. The van der Waals surface area contributed by atoms with E-state index in [1.54, 1.807) is 0 Å². The van der Waals surface area contributed by atoms with Crippen LogP contribution in [0.25, 0.3) is 0 Å². The highest BCUT2D eigenvalue weighted by atomic mass is 15.2. The molecule has 1 N–H and O–H groups in total. The molecular formula is C16H22N4. The molecule has 0 radical (unpaired) electrons. The molecule has 0 amide bonds. The molecule has 1 aliphatic carbocycles. The number of hydrogen-bond donors (Lipinski definition) is 1. The number of likely N-dealkylation sites (tertiary alicyclic amines) is 1. The Balaban J connectivity index is 1.76. The second-order valence-electron chi connectivity index (χ2n) is 5.97. The molecule has 1 aromatic heterocycles. The Morgan fingerprint density at radius 1 is 1.40 bits per heavy atom. The maximum absolute atomic E-state index is 9.32. The van der Waals surface area contributed by atoms with Gasteiger partial charge < -0.3 is 10.2 Å². The number of fused-ring (bicyclic) bond motifs is 1. The number of aryl methyl sites for hydroxylation is 2. The zero-order valence-electron chi connectivity index (χ0n) is 12.2. The Labute approximate surface area is 120 Å². The van der Waals surface area contributed by atoms with E-state index in [0.717, 1.165) is 25.2 Å². The quantitative estimate of drug-likeness (QED) is 0.916. The van der Waals surface area contributed by atoms with Crippen LogP contribution in [0.15, 0.2) is 6.07 Å². The summed E-state index contributed by atoms with van der Waals surface area (Å²) in [5, 5.41) is 12.7. The standard InChI is InChI=1S/C16H22N4/c1-20-8-4-6-14(20)11-18-16-13(10-17)9-12-5-2-3-7-15(12)19-16/h9,14H,2-8,11H2,1H3,(H,18,19). The number of anilines is 1. The highest BCUT2D eigenvalue weighted by Crippen LogP contribution is 2.25. The van der Waals surface area contributed by atoms with Crippen molar-refractivity contribution in [1.29, 1.82) is 5.26 Å². The molecule has 0 bridgehead atoms. The molecule has 2 heterocycles. The minimum atomic E-state index is 0.569. The summed E-state index contributed by atoms with van der Waals surface area (Å²) in [6, 6.07) is 4.91. The van der Waals surface area contributed by atoms with Crippen LogP contribution >= 0.6 is 0 Å². The van der Waals surface area contributed by atoms with Crippen molar-refractivity contribution in [2.24, 2.45) is 0 Å². The summed E-state index contributed by atoms with van der Waals surface area (Å²) in [6.07, 6.45) is 7.07. The van der Waals surface area contributed by atoms with Gasteiger partial charge in [-0.2, -0.15) is 5.26 Å². The van der Waals surface area contributed by atoms with Gasteiger partial charge in [0.15, 0.2) is 0 Å². The lowest BCUT2D eigenvalue weighted by molar-refractivity contribution is 0.322. The fourth-order valence-electron chi connectivity index (χ4n) is 3.31. The van der Waals surface area contributed by atoms with Crippen LogP contribution in [0, 0.1) is 11.3 Å². The van der Waals surface area contributed by atoms with Gasteiger partial charge in [-0.05, 0) is 63.7 Å². The Hall–Kier alpha value is -1.60. The summed E-state index contributed by atoms with van der Waals surface area (Å²) in [5.74, 6) is 0.786. The van der Waals surface area contributed by atoms with E-state index in [2.05, 4.69) is 23.3 Å². The van der Waals surface area contributed by atoms with Gasteiger partial charge in [-0.1, -0.05) is 0 Å². The van der Waals surface area contributed by atoms with Crippen LogP contribution in [0.5, 0.6) is 0 Å². The topological polar surface area (TPSA) is 52.0 Å². The zero-order chi connectivity index (χ0) is 13.9. The van der Waals surface area contributed by atoms with Crippen LogP contribution in [0.1, 0.15) is 42.5 Å². The van der Waals surface area contributed by atoms with E-state index in [9.17, 15) is 5.26 Å². The van der Waals surface area contributed by atoms with Gasteiger partial charge in [-0.15, -0.1) is 0 Å². The van der Waals surface area contributed by atoms with Crippen molar-refractivity contribution in [1.82, 2.24) is 9.88 Å². The van der Waals surface area contributed by atoms with E-state index < -0.39 is 0 Å². The van der Waals surface area contributed by atoms with Gasteiger partial charge in [0.1, 0.15) is 11.9 Å². The Bertz CT molecular complexity index is 532. The van der Waals surface area contributed by atoms with Crippen molar-refractivity contribution >= 4 is 5.82 Å². The highest BCUT2D eigenvalue weighted by molar-refractivity contribution is 5.54. The molecule has 4 nitrogen and oxygen atoms in total. The predicted octanol–water partition coefficient (Wildman–Crippen LogP) is 2.34. The van der Waals surface area contributed by atoms with Crippen LogP contribution in [-0.2, 0) is 12.8 Å². The van der Waals surface area contributed by atoms with Gasteiger partial charge >= 0.3 is 0 Å². The molecule has 0 aromatic carbocycles. The van der Waals surface area contributed by atoms with E-state index in [4.69, 9.17) is 4.98 Å². The van der Waals surface area contributed by atoms with Gasteiger partial charge in [0, 0.05) is 18.3 Å². The molecule has 20 heavy (non-hydrogen) atoms. The Morgan fingerprint density at radius 3 is 3.00 bits per heavy atom. The van der Waals surface area contributed by atoms with E-state index in [1.165, 1.54) is 43.5 Å². The average molecular weight is 270 g/mol. The molecule has 1 aliphatic heterocycles. The van der Waals surface area contributed by atoms with E-state index >= 15 is 0 Å². The summed E-state index contributed by atoms with van der Waals surface area (Å²) in [6.45, 7) is 2.06. The average Bonchev–Trinajstić information content (AvgIpc) is 2.89. The maximum atomic E-state index is 9.32. The first-order chi connectivity index (χ1) is 9.78. The van der Waals surface area contributed by atoms with Gasteiger partial charge in [0.2, 0.25) is 0 Å². The smallest absolute Gasteiger partial charge is 0.144 e. The first kappa shape index (κ1) is 13.4. The van der Waals surface area contributed by atoms with E-state index in [1.807, 2.05) is 6.07 Å². The number of rotatable bonds is 3. The molecule has 0 saturated carbocycles. The molecule has 2 aliphatic rings. The lowest BCUT2D eigenvalue weighted by Crippen LogP contribution is -2.32. The number of aromatic nitrogens is 1. The number of nitrogens with zero attached hydrogens (tertiary/aromatic N) is 3. The lowest BCUT2D eigenvalue weighted by atomic mass is 9.95. The largest absolute Gasteiger partial charge is 0.367 e. The number of nitriles is 1. The van der Waals surface area contributed by atoms with Gasteiger partial charge in [0.05, 0.1) is 5.56 Å². The molecule has 106 valence electrons. The van der Waals surface area contributed by atoms with Crippen molar-refractivity contribution in [2.75, 3.05) is 25.5 Å². The summed E-state index contributed by atoms with van der Waals surface area (Å²) in [5.41, 5.74) is 3.17. The van der Waals surface area contributed by atoms with E-state index in [0.29, 0.717) is 11.6 Å². The molecule has 1 atom stereocenters. The maximum Gasteiger partial charge on any atom is 0.144 e. The Morgan fingerprint density at radius 2 is 2.25 bits per heavy atom. The third kappa shape index (κ3) is 2.64. The predicted molar refractivity (Wildman–Crippen MR) is 79.7 cm³/mol. The number of hydrogen-bond acceptors (Lipinski definition) is 4. The monoisotopic (exact) mass is 270 g/mol. The molecule has 1 unspecified atom stereocenters. The van der Waals surface area contributed by atoms with Crippen LogP contribution in [0.3, 0.4) is 0 Å². The van der Waals surface area contributed by atoms with Crippen molar-refractivity contribution in [3.63, 3.8) is 0 Å². The summed E-state index contributed by atoms with van der Waals surface area (Å²) in [7, 11) is 2.17. The fraction of sp³-hybridized carbons (Fsp3) is 0.625. The lowest BCUT2D eigenvalue weighted by Gasteiger charge is -2.22. The van der Waals surface area contributed by atoms with E-state index in [-0.39, 0.29) is 0 Å². The van der Waals surface area contributed by atoms with Crippen molar-refractivity contribution < 1.29 is 0 Å². The Kier molecular flexibility index (Phi) is 3.88. The molecule has 1 aromatic rings. The fourth-order valence-corrected chi connectivity index (χ4v) is 3.31. The van der Waals surface area contributed by atoms with Crippen LogP contribution in [-0.4, -0.2) is 36.1 Å². The minimum Gasteiger partial charge on any atom is -0.367 e. The molecule has 0 spiro atoms. The third-order valence-corrected chi connectivity index (χ3v) is 4.60. The molecule has 1 fully saturated rings. The molecule has 4 heteroatoms. The van der Waals surface area contributed by atoms with Gasteiger partial charge in [-0.3, -0.25) is 0 Å². The summed E-state index contributed by atoms with van der Waals surface area (Å²) < 4.78 is 0. The van der Waals surface area contributed by atoms with Gasteiger partial charge in [-0.25, -0.2) is 4.98 Å². The summed E-state index contributed by atoms with van der Waals surface area (Å²) in [4.78, 5) is 7.10. The zero-order valence-corrected chi connectivity index (χ0v) is 12.2. The first-order valence-corrected chi connectivity index (χ1v) is 7.65. The second-order valence-corrected chi connectivity index (χ2v) is 5.97. The third-order valence-electron chi connectivity index (χ3n) is 4.60. The summed E-state index contributed by atoms with van der Waals surface area (Å²) >= 11 is 0. The van der Waals surface area contributed by atoms with Crippen LogP contribution in [0.4, 0.5) is 5.82 Å². The van der Waals surface area contributed by atoms with Crippen molar-refractivity contribution in [3.05, 3.63) is 22.9 Å². The van der Waals surface area contributed by atoms with Crippen LogP contribution in [0.2, 0.25) is 0 Å². The normalized spacial score (nSPS) is 22.3. The van der Waals surface area contributed by atoms with Gasteiger partial charge in [0.25, 0.3) is 0 Å². The molecule has 3 rings (SSSR count). The molecule has 1 saturated heterocycles. The minimum absolute atomic E-state index is 0.569. The number of nitrogens with one attached hydrogen (secondary N) is 1. The van der Waals surface area contributed by atoms with Crippen LogP contribution < -0.4 is 5.32 Å². The molecular weight excluding hydrogens is 248 g/mol. The highest BCUT2D eigenvalue weighted by Gasteiger charge is 2.21. The van der Waals surface area contributed by atoms with Crippen molar-refractivity contribution in [3.8, 4) is 6.07 Å². The number of pyridine rings is 1. The first-order valence-electron chi connectivity index (χ1n) is 7.65.